The van der Waals surface area contributed by atoms with Gasteiger partial charge in [-0.05, 0) is 24.8 Å². The van der Waals surface area contributed by atoms with Gasteiger partial charge in [0.05, 0.1) is 0 Å². The Morgan fingerprint density at radius 1 is 1.11 bits per heavy atom. The van der Waals surface area contributed by atoms with Gasteiger partial charge in [-0.3, -0.25) is 4.90 Å². The molecule has 2 nitrogen and oxygen atoms in total. The van der Waals surface area contributed by atoms with Gasteiger partial charge in [0, 0.05) is 31.7 Å². The van der Waals surface area contributed by atoms with Crippen LogP contribution in [0.2, 0.25) is 0 Å². The van der Waals surface area contributed by atoms with E-state index in [1.54, 1.807) is 0 Å². The van der Waals surface area contributed by atoms with Crippen LogP contribution in [0.4, 0.5) is 0 Å². The molecule has 2 heteroatoms. The third-order valence-electron chi connectivity index (χ3n) is 4.53. The molecule has 0 spiro atoms. The lowest BCUT2D eigenvalue weighted by Gasteiger charge is -2.44. The van der Waals surface area contributed by atoms with E-state index in [0.29, 0.717) is 0 Å². The van der Waals surface area contributed by atoms with E-state index in [1.807, 2.05) is 0 Å². The number of nitrogens with zero attached hydrogens (tertiary/aromatic N) is 1. The molecule has 2 aliphatic rings. The van der Waals surface area contributed by atoms with Crippen LogP contribution in [0, 0.1) is 0 Å². The molecule has 1 aliphatic carbocycles. The number of hydrogen-bond acceptors (Lipinski definition) is 2. The lowest BCUT2D eigenvalue weighted by Crippen LogP contribution is -2.59. The van der Waals surface area contributed by atoms with Crippen molar-refractivity contribution in [2.45, 2.75) is 44.2 Å². The van der Waals surface area contributed by atoms with E-state index in [4.69, 9.17) is 0 Å². The molecule has 1 aromatic carbocycles. The fourth-order valence-electron chi connectivity index (χ4n) is 3.54. The van der Waals surface area contributed by atoms with Crippen LogP contribution in [-0.2, 0) is 6.42 Å². The summed E-state index contributed by atoms with van der Waals surface area (Å²) < 4.78 is 0. The number of piperazine rings is 1. The maximum absolute atomic E-state index is 3.71. The Bertz CT molecular complexity index is 361. The summed E-state index contributed by atoms with van der Waals surface area (Å²) in [5.41, 5.74) is 1.48. The van der Waals surface area contributed by atoms with E-state index in [0.717, 1.165) is 12.1 Å². The predicted octanol–water partition coefficient (Wildman–Crippen LogP) is 2.45. The number of nitrogens with one attached hydrogen (secondary N) is 1. The first-order valence-corrected chi connectivity index (χ1v) is 7.45. The third-order valence-corrected chi connectivity index (χ3v) is 4.53. The van der Waals surface area contributed by atoms with Crippen LogP contribution >= 0.6 is 0 Å². The standard InChI is InChI=1S/C16H24N2/c1-2-6-14(7-3-1)10-12-18-13-11-17-15-8-4-5-9-16(15)18/h1-3,6-7,15-17H,4-5,8-13H2/t15-,16+/m0/s1. The predicted molar refractivity (Wildman–Crippen MR) is 75.8 cm³/mol. The molecule has 0 bridgehead atoms. The van der Waals surface area contributed by atoms with Gasteiger partial charge in [0.15, 0.2) is 0 Å². The summed E-state index contributed by atoms with van der Waals surface area (Å²) in [6.45, 7) is 3.64. The highest BCUT2D eigenvalue weighted by molar-refractivity contribution is 5.15. The van der Waals surface area contributed by atoms with Gasteiger partial charge in [0.2, 0.25) is 0 Å². The fourth-order valence-corrected chi connectivity index (χ4v) is 3.54. The lowest BCUT2D eigenvalue weighted by atomic mass is 9.87. The molecule has 1 aromatic rings. The summed E-state index contributed by atoms with van der Waals surface area (Å²) >= 11 is 0. The molecular formula is C16H24N2. The van der Waals surface area contributed by atoms with Gasteiger partial charge < -0.3 is 5.32 Å². The number of benzene rings is 1. The molecular weight excluding hydrogens is 220 g/mol. The SMILES string of the molecule is c1ccc(CCN2CCN[C@H]3CCCC[C@H]32)cc1. The van der Waals surface area contributed by atoms with Crippen LogP contribution in [0.15, 0.2) is 30.3 Å². The first-order valence-electron chi connectivity index (χ1n) is 7.45. The molecule has 1 saturated heterocycles. The first-order chi connectivity index (χ1) is 8.93. The Balaban J connectivity index is 1.58. The van der Waals surface area contributed by atoms with Crippen molar-refractivity contribution in [1.82, 2.24) is 10.2 Å². The molecule has 1 aliphatic heterocycles. The number of fused-ring (bicyclic) bond motifs is 1. The molecule has 98 valence electrons. The highest BCUT2D eigenvalue weighted by atomic mass is 15.2. The van der Waals surface area contributed by atoms with Crippen LogP contribution in [0.3, 0.4) is 0 Å². The van der Waals surface area contributed by atoms with Gasteiger partial charge in [0.25, 0.3) is 0 Å². The molecule has 3 rings (SSSR count). The summed E-state index contributed by atoms with van der Waals surface area (Å²) in [5, 5.41) is 3.71. The highest BCUT2D eigenvalue weighted by Crippen LogP contribution is 2.25. The molecule has 0 amide bonds. The minimum atomic E-state index is 0.767. The highest BCUT2D eigenvalue weighted by Gasteiger charge is 2.32. The van der Waals surface area contributed by atoms with Gasteiger partial charge in [-0.2, -0.15) is 0 Å². The quantitative estimate of drug-likeness (QED) is 0.878. The van der Waals surface area contributed by atoms with Crippen molar-refractivity contribution in [3.63, 3.8) is 0 Å². The summed E-state index contributed by atoms with van der Waals surface area (Å²) in [7, 11) is 0. The second-order valence-electron chi connectivity index (χ2n) is 5.68. The molecule has 0 unspecified atom stereocenters. The maximum Gasteiger partial charge on any atom is 0.0250 e. The van der Waals surface area contributed by atoms with Gasteiger partial charge in [-0.25, -0.2) is 0 Å². The topological polar surface area (TPSA) is 15.3 Å². The third kappa shape index (κ3) is 2.76. The van der Waals surface area contributed by atoms with Crippen LogP contribution in [0.25, 0.3) is 0 Å². The average molecular weight is 244 g/mol. The Morgan fingerprint density at radius 2 is 1.94 bits per heavy atom. The fraction of sp³-hybridized carbons (Fsp3) is 0.625. The Hall–Kier alpha value is -0.860. The zero-order valence-corrected chi connectivity index (χ0v) is 11.1. The van der Waals surface area contributed by atoms with Gasteiger partial charge in [-0.1, -0.05) is 43.2 Å². The van der Waals surface area contributed by atoms with Crippen molar-refractivity contribution in [1.29, 1.82) is 0 Å². The van der Waals surface area contributed by atoms with Crippen molar-refractivity contribution in [2.24, 2.45) is 0 Å². The Labute approximate surface area is 110 Å². The van der Waals surface area contributed by atoms with Crippen molar-refractivity contribution < 1.29 is 0 Å². The van der Waals surface area contributed by atoms with E-state index in [2.05, 4.69) is 40.5 Å². The van der Waals surface area contributed by atoms with Crippen LogP contribution < -0.4 is 5.32 Å². The number of hydrogen-bond donors (Lipinski definition) is 1. The minimum Gasteiger partial charge on any atom is -0.311 e. The largest absolute Gasteiger partial charge is 0.311 e. The van der Waals surface area contributed by atoms with E-state index in [9.17, 15) is 0 Å². The normalized spacial score (nSPS) is 28.9. The monoisotopic (exact) mass is 244 g/mol. The molecule has 18 heavy (non-hydrogen) atoms. The van der Waals surface area contributed by atoms with Gasteiger partial charge in [0.1, 0.15) is 0 Å². The van der Waals surface area contributed by atoms with Crippen molar-refractivity contribution in [3.8, 4) is 0 Å². The molecule has 0 radical (unpaired) electrons. The average Bonchev–Trinajstić information content (AvgIpc) is 2.46. The summed E-state index contributed by atoms with van der Waals surface area (Å²) in [6, 6.07) is 12.5. The van der Waals surface area contributed by atoms with Crippen LogP contribution in [-0.4, -0.2) is 36.6 Å². The van der Waals surface area contributed by atoms with Gasteiger partial charge in [-0.15, -0.1) is 0 Å². The van der Waals surface area contributed by atoms with Crippen molar-refractivity contribution in [3.05, 3.63) is 35.9 Å². The molecule has 0 aromatic heterocycles. The van der Waals surface area contributed by atoms with Crippen molar-refractivity contribution in [2.75, 3.05) is 19.6 Å². The summed E-state index contributed by atoms with van der Waals surface area (Å²) in [5.74, 6) is 0. The van der Waals surface area contributed by atoms with E-state index in [1.165, 1.54) is 57.3 Å². The zero-order chi connectivity index (χ0) is 12.2. The van der Waals surface area contributed by atoms with Gasteiger partial charge >= 0.3 is 0 Å². The molecule has 1 heterocycles. The number of rotatable bonds is 3. The maximum atomic E-state index is 3.71. The zero-order valence-electron chi connectivity index (χ0n) is 11.1. The Kier molecular flexibility index (Phi) is 3.96. The second kappa shape index (κ2) is 5.85. The van der Waals surface area contributed by atoms with Crippen molar-refractivity contribution >= 4 is 0 Å². The van der Waals surface area contributed by atoms with Crippen LogP contribution in [0.5, 0.6) is 0 Å². The summed E-state index contributed by atoms with van der Waals surface area (Å²) in [6.07, 6.45) is 6.81. The first kappa shape index (κ1) is 12.2. The smallest absolute Gasteiger partial charge is 0.0250 e. The van der Waals surface area contributed by atoms with E-state index in [-0.39, 0.29) is 0 Å². The second-order valence-corrected chi connectivity index (χ2v) is 5.68. The van der Waals surface area contributed by atoms with E-state index >= 15 is 0 Å². The van der Waals surface area contributed by atoms with E-state index < -0.39 is 0 Å². The molecule has 2 fully saturated rings. The minimum absolute atomic E-state index is 0.767. The lowest BCUT2D eigenvalue weighted by molar-refractivity contribution is 0.0893. The summed E-state index contributed by atoms with van der Waals surface area (Å²) in [4.78, 5) is 2.73. The van der Waals surface area contributed by atoms with Crippen LogP contribution in [0.1, 0.15) is 31.2 Å². The molecule has 2 atom stereocenters. The molecule has 1 saturated carbocycles. The Morgan fingerprint density at radius 3 is 2.83 bits per heavy atom. The molecule has 1 N–H and O–H groups in total.